The topological polar surface area (TPSA) is 99.3 Å². The lowest BCUT2D eigenvalue weighted by Crippen LogP contribution is -2.44. The average molecular weight is 562 g/mol. The predicted molar refractivity (Wildman–Crippen MR) is 152 cm³/mol. The number of methoxy groups -OCH3 is 2. The molecule has 1 aliphatic heterocycles. The molecule has 1 amide bonds. The third-order valence-electron chi connectivity index (χ3n) is 7.90. The molecule has 11 heteroatoms. The van der Waals surface area contributed by atoms with E-state index in [0.29, 0.717) is 29.2 Å². The molecule has 0 atom stereocenters. The number of rotatable bonds is 9. The van der Waals surface area contributed by atoms with Gasteiger partial charge in [0.2, 0.25) is 0 Å². The normalized spacial score (nSPS) is 14.6. The minimum atomic E-state index is -0.577. The summed E-state index contributed by atoms with van der Waals surface area (Å²) in [7, 11) is 5.10. The molecule has 41 heavy (non-hydrogen) atoms. The molecule has 1 aliphatic rings. The van der Waals surface area contributed by atoms with Crippen LogP contribution in [0.2, 0.25) is 0 Å². The van der Waals surface area contributed by atoms with Crippen molar-refractivity contribution in [3.05, 3.63) is 87.7 Å². The summed E-state index contributed by atoms with van der Waals surface area (Å²) < 4.78 is 29.1. The molecule has 2 aromatic heterocycles. The van der Waals surface area contributed by atoms with Gasteiger partial charge in [0.05, 0.1) is 43.4 Å². The summed E-state index contributed by atoms with van der Waals surface area (Å²) in [5, 5.41) is 15.6. The van der Waals surface area contributed by atoms with Gasteiger partial charge in [-0.15, -0.1) is 5.10 Å². The maximum absolute atomic E-state index is 15.3. The van der Waals surface area contributed by atoms with Crippen molar-refractivity contribution in [2.45, 2.75) is 52.4 Å². The number of likely N-dealkylation sites (N-methyl/N-ethyl adjacent to an activating group) is 1. The number of benzene rings is 2. The Hall–Kier alpha value is -4.09. The number of fused-ring (bicyclic) bond motifs is 1. The highest BCUT2D eigenvalue weighted by Crippen LogP contribution is 2.34. The van der Waals surface area contributed by atoms with Crippen molar-refractivity contribution < 1.29 is 18.7 Å². The van der Waals surface area contributed by atoms with Crippen molar-refractivity contribution in [1.82, 2.24) is 35.0 Å². The van der Waals surface area contributed by atoms with Crippen molar-refractivity contribution in [2.75, 3.05) is 27.8 Å². The fraction of sp³-hybridized carbons (Fsp3) is 0.400. The molecule has 5 rings (SSSR count). The number of ether oxygens (including phenoxy) is 2. The molecule has 0 bridgehead atoms. The van der Waals surface area contributed by atoms with Crippen molar-refractivity contribution >= 4 is 5.91 Å². The number of carbonyl (C=O) groups excluding carboxylic acids is 1. The Balaban J connectivity index is 1.39. The van der Waals surface area contributed by atoms with Gasteiger partial charge in [0.15, 0.2) is 11.6 Å². The summed E-state index contributed by atoms with van der Waals surface area (Å²) in [6.45, 7) is 7.86. The number of aryl methyl sites for hydroxylation is 1. The van der Waals surface area contributed by atoms with Gasteiger partial charge in [0.1, 0.15) is 5.69 Å². The highest BCUT2D eigenvalue weighted by atomic mass is 19.1. The van der Waals surface area contributed by atoms with Crippen molar-refractivity contribution in [1.29, 1.82) is 0 Å². The summed E-state index contributed by atoms with van der Waals surface area (Å²) in [4.78, 5) is 15.8. The predicted octanol–water partition coefficient (Wildman–Crippen LogP) is 3.77. The standard InChI is InChI=1S/C30H36FN7O3/c1-19-15-38(35-33-19)26-9-10-27(41-6)28(31)22(26)14-32-29(39)23-17-37(34-25(23)18-40-5)16-20-7-8-21-11-12-36(4)30(2,3)24(21)13-20/h7-10,13,15,17H,11-12,14,16,18H2,1-6H3,(H,32,39). The average Bonchev–Trinajstić information content (AvgIpc) is 3.56. The van der Waals surface area contributed by atoms with Crippen LogP contribution in [0.4, 0.5) is 4.39 Å². The Morgan fingerprint density at radius 1 is 1.17 bits per heavy atom. The lowest BCUT2D eigenvalue weighted by molar-refractivity contribution is 0.0945. The molecule has 2 aromatic carbocycles. The molecule has 216 valence electrons. The quantitative estimate of drug-likeness (QED) is 0.332. The largest absolute Gasteiger partial charge is 0.494 e. The number of carbonyl (C=O) groups is 1. The molecule has 0 aliphatic carbocycles. The Morgan fingerprint density at radius 3 is 2.68 bits per heavy atom. The van der Waals surface area contributed by atoms with E-state index in [1.165, 1.54) is 29.0 Å². The maximum atomic E-state index is 15.3. The first kappa shape index (κ1) is 28.4. The maximum Gasteiger partial charge on any atom is 0.255 e. The Bertz CT molecular complexity index is 1580. The van der Waals surface area contributed by atoms with Crippen LogP contribution in [0, 0.1) is 12.7 Å². The number of nitrogens with zero attached hydrogens (tertiary/aromatic N) is 6. The minimum absolute atomic E-state index is 0.0703. The Kier molecular flexibility index (Phi) is 7.92. The van der Waals surface area contributed by atoms with Crippen LogP contribution in [0.1, 0.15) is 57.8 Å². The number of amides is 1. The molecule has 0 saturated carbocycles. The highest BCUT2D eigenvalue weighted by molar-refractivity contribution is 5.95. The van der Waals surface area contributed by atoms with Gasteiger partial charge in [-0.05, 0) is 63.1 Å². The summed E-state index contributed by atoms with van der Waals surface area (Å²) in [5.41, 5.74) is 5.93. The number of hydrogen-bond donors (Lipinski definition) is 1. The van der Waals surface area contributed by atoms with Gasteiger partial charge in [-0.2, -0.15) is 5.10 Å². The molecular weight excluding hydrogens is 525 g/mol. The Labute approximate surface area is 239 Å². The van der Waals surface area contributed by atoms with E-state index in [0.717, 1.165) is 18.5 Å². The van der Waals surface area contributed by atoms with E-state index in [-0.39, 0.29) is 35.9 Å². The van der Waals surface area contributed by atoms with Gasteiger partial charge in [0, 0.05) is 37.5 Å². The fourth-order valence-corrected chi connectivity index (χ4v) is 5.30. The Morgan fingerprint density at radius 2 is 1.98 bits per heavy atom. The van der Waals surface area contributed by atoms with Crippen molar-refractivity contribution in [2.24, 2.45) is 0 Å². The van der Waals surface area contributed by atoms with Gasteiger partial charge < -0.3 is 14.8 Å². The molecule has 0 radical (unpaired) electrons. The second kappa shape index (κ2) is 11.4. The van der Waals surface area contributed by atoms with Crippen LogP contribution in [0.5, 0.6) is 5.75 Å². The minimum Gasteiger partial charge on any atom is -0.494 e. The van der Waals surface area contributed by atoms with Crippen LogP contribution in [0.3, 0.4) is 0 Å². The van der Waals surface area contributed by atoms with Crippen LogP contribution in [-0.4, -0.2) is 63.4 Å². The van der Waals surface area contributed by atoms with Gasteiger partial charge in [-0.1, -0.05) is 23.4 Å². The first-order valence-electron chi connectivity index (χ1n) is 13.5. The van der Waals surface area contributed by atoms with E-state index in [1.807, 2.05) is 0 Å². The van der Waals surface area contributed by atoms with Crippen LogP contribution in [-0.2, 0) is 36.4 Å². The van der Waals surface area contributed by atoms with Crippen LogP contribution in [0.25, 0.3) is 5.69 Å². The molecule has 1 N–H and O–H groups in total. The number of nitrogens with one attached hydrogen (secondary N) is 1. The SMILES string of the molecule is COCc1nn(Cc2ccc3c(c2)C(C)(C)N(C)CC3)cc1C(=O)NCc1c(-n2cc(C)nn2)ccc(OC)c1F. The van der Waals surface area contributed by atoms with Gasteiger partial charge in [-0.25, -0.2) is 9.07 Å². The van der Waals surface area contributed by atoms with Crippen LogP contribution in [0.15, 0.2) is 42.7 Å². The third-order valence-corrected chi connectivity index (χ3v) is 7.90. The summed E-state index contributed by atoms with van der Waals surface area (Å²) >= 11 is 0. The smallest absolute Gasteiger partial charge is 0.255 e. The van der Waals surface area contributed by atoms with Crippen LogP contribution < -0.4 is 10.1 Å². The number of halogens is 1. The van der Waals surface area contributed by atoms with Gasteiger partial charge in [0.25, 0.3) is 5.91 Å². The van der Waals surface area contributed by atoms with E-state index in [2.05, 4.69) is 64.7 Å². The van der Waals surface area contributed by atoms with Gasteiger partial charge >= 0.3 is 0 Å². The van der Waals surface area contributed by atoms with Crippen molar-refractivity contribution in [3.8, 4) is 11.4 Å². The molecule has 0 saturated heterocycles. The summed E-state index contributed by atoms with van der Waals surface area (Å²) in [6, 6.07) is 9.76. The van der Waals surface area contributed by atoms with Crippen LogP contribution >= 0.6 is 0 Å². The van der Waals surface area contributed by atoms with E-state index < -0.39 is 5.82 Å². The monoisotopic (exact) mass is 561 g/mol. The number of hydrogen-bond acceptors (Lipinski definition) is 7. The summed E-state index contributed by atoms with van der Waals surface area (Å²) in [5.74, 6) is -0.895. The molecular formula is C30H36FN7O3. The van der Waals surface area contributed by atoms with E-state index >= 15 is 4.39 Å². The fourth-order valence-electron chi connectivity index (χ4n) is 5.30. The molecule has 0 spiro atoms. The molecule has 0 unspecified atom stereocenters. The van der Waals surface area contributed by atoms with Crippen molar-refractivity contribution in [3.63, 3.8) is 0 Å². The van der Waals surface area contributed by atoms with E-state index in [9.17, 15) is 4.79 Å². The number of aromatic nitrogens is 5. The molecule has 0 fully saturated rings. The summed E-state index contributed by atoms with van der Waals surface area (Å²) in [6.07, 6.45) is 4.42. The zero-order valence-corrected chi connectivity index (χ0v) is 24.4. The third kappa shape index (κ3) is 5.59. The second-order valence-electron chi connectivity index (χ2n) is 10.9. The molecule has 3 heterocycles. The first-order valence-corrected chi connectivity index (χ1v) is 13.5. The molecule has 10 nitrogen and oxygen atoms in total. The first-order chi connectivity index (χ1) is 19.6. The van der Waals surface area contributed by atoms with E-state index in [4.69, 9.17) is 9.47 Å². The highest BCUT2D eigenvalue weighted by Gasteiger charge is 2.32. The zero-order chi connectivity index (χ0) is 29.3. The van der Waals surface area contributed by atoms with Gasteiger partial charge in [-0.3, -0.25) is 14.4 Å². The second-order valence-corrected chi connectivity index (χ2v) is 10.9. The van der Waals surface area contributed by atoms with E-state index in [1.54, 1.807) is 37.2 Å². The zero-order valence-electron chi connectivity index (χ0n) is 24.4. The molecule has 4 aromatic rings. The lowest BCUT2D eigenvalue weighted by Gasteiger charge is -2.41. The lowest BCUT2D eigenvalue weighted by atomic mass is 9.83.